The molecule has 1 aliphatic rings. The highest BCUT2D eigenvalue weighted by Gasteiger charge is 2.33. The zero-order valence-electron chi connectivity index (χ0n) is 11.2. The summed E-state index contributed by atoms with van der Waals surface area (Å²) in [7, 11) is 0. The maximum atomic E-state index is 11.9. The topological polar surface area (TPSA) is 66.4 Å². The minimum atomic E-state index is -0.912. The van der Waals surface area contributed by atoms with Gasteiger partial charge in [-0.2, -0.15) is 0 Å². The number of amides is 1. The molecule has 2 N–H and O–H groups in total. The van der Waals surface area contributed by atoms with Crippen molar-refractivity contribution < 1.29 is 14.7 Å². The van der Waals surface area contributed by atoms with Crippen LogP contribution in [0.1, 0.15) is 24.8 Å². The van der Waals surface area contributed by atoms with Gasteiger partial charge in [-0.05, 0) is 37.0 Å². The van der Waals surface area contributed by atoms with Crippen molar-refractivity contribution in [3.05, 3.63) is 39.9 Å². The Labute approximate surface area is 132 Å². The summed E-state index contributed by atoms with van der Waals surface area (Å²) in [5, 5.41) is 12.5. The van der Waals surface area contributed by atoms with E-state index in [-0.39, 0.29) is 24.3 Å². The minimum absolute atomic E-state index is 0.0584. The molecule has 0 saturated heterocycles. The van der Waals surface area contributed by atoms with Crippen molar-refractivity contribution in [2.24, 2.45) is 5.92 Å². The zero-order valence-corrected chi connectivity index (χ0v) is 12.7. The van der Waals surface area contributed by atoms with Crippen LogP contribution in [-0.2, 0) is 9.59 Å². The molecule has 1 unspecified atom stereocenters. The molecular weight excluding hydrogens is 313 g/mol. The van der Waals surface area contributed by atoms with Crippen LogP contribution in [0.2, 0.25) is 10.0 Å². The first-order valence-electron chi connectivity index (χ1n) is 6.61. The molecule has 6 heteroatoms. The second-order valence-corrected chi connectivity index (χ2v) is 5.83. The number of carbonyl (C=O) groups excluding carboxylic acids is 1. The molecule has 0 radical (unpaired) electrons. The van der Waals surface area contributed by atoms with Crippen LogP contribution in [0.4, 0.5) is 0 Å². The van der Waals surface area contributed by atoms with Crippen molar-refractivity contribution in [2.45, 2.75) is 25.3 Å². The number of nitrogens with one attached hydrogen (secondary N) is 1. The zero-order chi connectivity index (χ0) is 15.4. The Hall–Kier alpha value is -1.52. The van der Waals surface area contributed by atoms with E-state index >= 15 is 0 Å². The third-order valence-electron chi connectivity index (χ3n) is 3.31. The monoisotopic (exact) mass is 327 g/mol. The van der Waals surface area contributed by atoms with Crippen LogP contribution in [0, 0.1) is 5.92 Å². The number of rotatable bonds is 6. The largest absolute Gasteiger partial charge is 0.481 e. The maximum absolute atomic E-state index is 11.9. The summed E-state index contributed by atoms with van der Waals surface area (Å²) in [6.45, 7) is 0. The fourth-order valence-electron chi connectivity index (χ4n) is 2.08. The van der Waals surface area contributed by atoms with Gasteiger partial charge in [-0.1, -0.05) is 29.3 Å². The van der Waals surface area contributed by atoms with Gasteiger partial charge in [0.2, 0.25) is 5.91 Å². The number of halogens is 2. The van der Waals surface area contributed by atoms with E-state index in [1.54, 1.807) is 18.2 Å². The highest BCUT2D eigenvalue weighted by Crippen LogP contribution is 2.34. The Balaban J connectivity index is 2.00. The first-order chi connectivity index (χ1) is 9.97. The van der Waals surface area contributed by atoms with E-state index < -0.39 is 5.97 Å². The van der Waals surface area contributed by atoms with E-state index in [0.29, 0.717) is 15.6 Å². The van der Waals surface area contributed by atoms with E-state index in [9.17, 15) is 9.59 Å². The van der Waals surface area contributed by atoms with Gasteiger partial charge < -0.3 is 10.4 Å². The molecule has 0 aromatic heterocycles. The van der Waals surface area contributed by atoms with Crippen LogP contribution in [0.5, 0.6) is 0 Å². The van der Waals surface area contributed by atoms with Crippen molar-refractivity contribution in [3.8, 4) is 0 Å². The number of carbonyl (C=O) groups is 2. The molecule has 1 amide bonds. The molecule has 4 nitrogen and oxygen atoms in total. The predicted octanol–water partition coefficient (Wildman–Crippen LogP) is 3.38. The summed E-state index contributed by atoms with van der Waals surface area (Å²) in [6, 6.07) is 4.77. The summed E-state index contributed by atoms with van der Waals surface area (Å²) in [5.41, 5.74) is 0.567. The van der Waals surface area contributed by atoms with Gasteiger partial charge in [-0.25, -0.2) is 0 Å². The van der Waals surface area contributed by atoms with Gasteiger partial charge in [0.25, 0.3) is 0 Å². The van der Waals surface area contributed by atoms with Crippen LogP contribution < -0.4 is 5.32 Å². The van der Waals surface area contributed by atoms with Gasteiger partial charge >= 0.3 is 5.97 Å². The fraction of sp³-hybridized carbons (Fsp3) is 0.333. The van der Waals surface area contributed by atoms with Crippen LogP contribution in [-0.4, -0.2) is 23.0 Å². The number of benzene rings is 1. The van der Waals surface area contributed by atoms with E-state index in [2.05, 4.69) is 5.32 Å². The van der Waals surface area contributed by atoms with E-state index in [4.69, 9.17) is 28.3 Å². The lowest BCUT2D eigenvalue weighted by Gasteiger charge is -2.14. The molecule has 21 heavy (non-hydrogen) atoms. The van der Waals surface area contributed by atoms with Gasteiger partial charge in [-0.3, -0.25) is 9.59 Å². The molecule has 0 heterocycles. The Morgan fingerprint density at radius 1 is 1.33 bits per heavy atom. The van der Waals surface area contributed by atoms with Crippen LogP contribution in [0.3, 0.4) is 0 Å². The van der Waals surface area contributed by atoms with E-state index in [0.717, 1.165) is 12.8 Å². The van der Waals surface area contributed by atoms with E-state index in [1.807, 2.05) is 0 Å². The molecule has 0 aliphatic heterocycles. The number of hydrogen-bond donors (Lipinski definition) is 2. The first-order valence-corrected chi connectivity index (χ1v) is 7.37. The molecule has 1 aromatic rings. The lowest BCUT2D eigenvalue weighted by atomic mass is 10.1. The lowest BCUT2D eigenvalue weighted by Crippen LogP contribution is -2.37. The molecule has 1 aliphatic carbocycles. The van der Waals surface area contributed by atoms with Crippen molar-refractivity contribution in [3.63, 3.8) is 0 Å². The molecule has 112 valence electrons. The molecular formula is C15H15Cl2NO3. The van der Waals surface area contributed by atoms with Gasteiger partial charge in [0.1, 0.15) is 0 Å². The molecule has 1 saturated carbocycles. The second kappa shape index (κ2) is 6.96. The van der Waals surface area contributed by atoms with Crippen LogP contribution in [0.15, 0.2) is 24.3 Å². The average molecular weight is 328 g/mol. The van der Waals surface area contributed by atoms with Crippen molar-refractivity contribution in [1.29, 1.82) is 0 Å². The number of aliphatic carboxylic acids is 1. The second-order valence-electron chi connectivity index (χ2n) is 5.02. The highest BCUT2D eigenvalue weighted by molar-refractivity contribution is 6.37. The van der Waals surface area contributed by atoms with Crippen LogP contribution >= 0.6 is 23.2 Å². The highest BCUT2D eigenvalue weighted by atomic mass is 35.5. The maximum Gasteiger partial charge on any atom is 0.305 e. The molecule has 0 spiro atoms. The molecule has 1 atom stereocenters. The van der Waals surface area contributed by atoms with Gasteiger partial charge in [0.05, 0.1) is 6.42 Å². The van der Waals surface area contributed by atoms with Crippen LogP contribution in [0.25, 0.3) is 6.08 Å². The Morgan fingerprint density at radius 2 is 1.95 bits per heavy atom. The molecule has 1 aromatic carbocycles. The fourth-order valence-corrected chi connectivity index (χ4v) is 2.61. The predicted molar refractivity (Wildman–Crippen MR) is 82.4 cm³/mol. The number of carboxylic acids is 1. The summed E-state index contributed by atoms with van der Waals surface area (Å²) in [4.78, 5) is 22.7. The first kappa shape index (κ1) is 15.9. The summed E-state index contributed by atoms with van der Waals surface area (Å²) in [6.07, 6.45) is 4.71. The van der Waals surface area contributed by atoms with Crippen molar-refractivity contribution in [1.82, 2.24) is 5.32 Å². The Bertz CT molecular complexity index is 562. The van der Waals surface area contributed by atoms with Gasteiger partial charge in [-0.15, -0.1) is 0 Å². The third kappa shape index (κ3) is 4.76. The lowest BCUT2D eigenvalue weighted by molar-refractivity contribution is -0.137. The Kier molecular flexibility index (Phi) is 5.26. The standard InChI is InChI=1S/C15H15Cl2NO3/c16-11-2-1-3-12(17)10(11)6-7-14(19)18-13(8-15(20)21)9-4-5-9/h1-3,6-7,9,13H,4-5,8H2,(H,18,19)(H,20,21)/b7-6+. The molecule has 2 rings (SSSR count). The minimum Gasteiger partial charge on any atom is -0.481 e. The quantitative estimate of drug-likeness (QED) is 0.787. The number of carboxylic acid groups (broad SMARTS) is 1. The SMILES string of the molecule is O=C(O)CC(NC(=O)/C=C/c1c(Cl)cccc1Cl)C1CC1. The summed E-state index contributed by atoms with van der Waals surface area (Å²) in [5.74, 6) is -0.989. The van der Waals surface area contributed by atoms with Gasteiger partial charge in [0.15, 0.2) is 0 Å². The normalized spacial score (nSPS) is 15.9. The van der Waals surface area contributed by atoms with Crippen molar-refractivity contribution >= 4 is 41.2 Å². The third-order valence-corrected chi connectivity index (χ3v) is 3.97. The van der Waals surface area contributed by atoms with Crippen molar-refractivity contribution in [2.75, 3.05) is 0 Å². The van der Waals surface area contributed by atoms with Gasteiger partial charge in [0, 0.05) is 27.7 Å². The molecule has 1 fully saturated rings. The summed E-state index contributed by atoms with van der Waals surface area (Å²) < 4.78 is 0. The van der Waals surface area contributed by atoms with E-state index in [1.165, 1.54) is 12.2 Å². The Morgan fingerprint density at radius 3 is 2.48 bits per heavy atom. The summed E-state index contributed by atoms with van der Waals surface area (Å²) >= 11 is 12.0. The smallest absolute Gasteiger partial charge is 0.305 e. The molecule has 0 bridgehead atoms. The number of hydrogen-bond acceptors (Lipinski definition) is 2. The average Bonchev–Trinajstić information content (AvgIpc) is 3.21.